The number of piperazine rings is 1. The lowest BCUT2D eigenvalue weighted by molar-refractivity contribution is 0.0137. The molecule has 2 amide bonds. The molecule has 1 saturated heterocycles. The second kappa shape index (κ2) is 11.2. The minimum absolute atomic E-state index is 0. The maximum Gasteiger partial charge on any atom is 0.410 e. The molecule has 10 heteroatoms. The summed E-state index contributed by atoms with van der Waals surface area (Å²) in [5.74, 6) is 0.902. The summed E-state index contributed by atoms with van der Waals surface area (Å²) in [6.45, 7) is 15.2. The second-order valence-electron chi connectivity index (χ2n) is 9.50. The molecule has 1 fully saturated rings. The van der Waals surface area contributed by atoms with Gasteiger partial charge in [-0.25, -0.2) is 9.59 Å². The number of fused-ring (bicyclic) bond motifs is 1. The van der Waals surface area contributed by atoms with Crippen molar-refractivity contribution in [3.8, 4) is 0 Å². The van der Waals surface area contributed by atoms with Crippen molar-refractivity contribution in [2.24, 2.45) is 4.99 Å². The number of hydrogen-bond acceptors (Lipinski definition) is 7. The summed E-state index contributed by atoms with van der Waals surface area (Å²) in [5, 5.41) is 6.15. The number of nitrogens with one attached hydrogen (secondary N) is 2. The largest absolute Gasteiger partial charge is 0.444 e. The zero-order chi connectivity index (χ0) is 21.7. The average Bonchev–Trinajstić information content (AvgIpc) is 2.97. The molecular formula is C20H38IN5O4. The molecular weight excluding hydrogens is 501 g/mol. The van der Waals surface area contributed by atoms with Crippen LogP contribution in [0.2, 0.25) is 0 Å². The Kier molecular flexibility index (Phi) is 9.96. The van der Waals surface area contributed by atoms with Crippen molar-refractivity contribution in [1.29, 1.82) is 0 Å². The third-order valence-corrected chi connectivity index (χ3v) is 4.41. The monoisotopic (exact) mass is 539 g/mol. The summed E-state index contributed by atoms with van der Waals surface area (Å²) in [6.07, 6.45) is 1.14. The quantitative estimate of drug-likeness (QED) is 0.412. The lowest BCUT2D eigenvalue weighted by Gasteiger charge is -2.39. The Morgan fingerprint density at radius 3 is 2.30 bits per heavy atom. The Morgan fingerprint density at radius 2 is 1.67 bits per heavy atom. The third-order valence-electron chi connectivity index (χ3n) is 4.41. The number of amides is 2. The van der Waals surface area contributed by atoms with E-state index in [1.54, 1.807) is 4.90 Å². The van der Waals surface area contributed by atoms with Crippen LogP contribution in [0.25, 0.3) is 0 Å². The fraction of sp³-hybridized carbons (Fsp3) is 0.850. The number of carbonyl (C=O) groups is 2. The van der Waals surface area contributed by atoms with Crippen LogP contribution in [0.5, 0.6) is 0 Å². The number of carbonyl (C=O) groups excluding carboxylic acids is 2. The number of hydrogen-bond donors (Lipinski definition) is 2. The van der Waals surface area contributed by atoms with Gasteiger partial charge in [0.05, 0.1) is 12.6 Å². The highest BCUT2D eigenvalue weighted by molar-refractivity contribution is 14.0. The first-order valence-corrected chi connectivity index (χ1v) is 10.4. The molecule has 0 bridgehead atoms. The van der Waals surface area contributed by atoms with Crippen molar-refractivity contribution < 1.29 is 19.1 Å². The standard InChI is InChI=1S/C20H37N5O4.HI/c1-19(2,3)28-17(26)22-10-8-7-9-21-16-23-13-15-14-24(11-12-25(15)16)18(27)29-20(4,5)6;/h15H,7-14H2,1-6H3,(H,21,23)(H,22,26);1H. The molecule has 9 nitrogen and oxygen atoms in total. The van der Waals surface area contributed by atoms with Crippen LogP contribution in [0, 0.1) is 0 Å². The normalized spacial score (nSPS) is 18.7. The van der Waals surface area contributed by atoms with Gasteiger partial charge in [0, 0.05) is 32.7 Å². The average molecular weight is 539 g/mol. The Morgan fingerprint density at radius 1 is 1.03 bits per heavy atom. The van der Waals surface area contributed by atoms with Gasteiger partial charge in [0.25, 0.3) is 0 Å². The molecule has 0 aliphatic carbocycles. The zero-order valence-electron chi connectivity index (χ0n) is 19.1. The molecule has 0 aromatic rings. The van der Waals surface area contributed by atoms with Gasteiger partial charge in [-0.15, -0.1) is 24.0 Å². The van der Waals surface area contributed by atoms with Crippen LogP contribution in [-0.4, -0.2) is 84.5 Å². The fourth-order valence-electron chi connectivity index (χ4n) is 3.18. The molecule has 2 aliphatic heterocycles. The summed E-state index contributed by atoms with van der Waals surface area (Å²) >= 11 is 0. The van der Waals surface area contributed by atoms with Crippen LogP contribution in [0.4, 0.5) is 9.59 Å². The number of unbranched alkanes of at least 4 members (excludes halogenated alkanes) is 1. The van der Waals surface area contributed by atoms with Crippen LogP contribution in [-0.2, 0) is 9.47 Å². The molecule has 0 aromatic heterocycles. The van der Waals surface area contributed by atoms with Gasteiger partial charge in [0.2, 0.25) is 0 Å². The minimum Gasteiger partial charge on any atom is -0.444 e. The van der Waals surface area contributed by atoms with Gasteiger partial charge < -0.3 is 29.9 Å². The Labute approximate surface area is 197 Å². The van der Waals surface area contributed by atoms with E-state index in [2.05, 4.69) is 20.5 Å². The first-order chi connectivity index (χ1) is 13.4. The van der Waals surface area contributed by atoms with E-state index in [9.17, 15) is 9.59 Å². The molecule has 0 aromatic carbocycles. The smallest absolute Gasteiger partial charge is 0.410 e. The molecule has 2 aliphatic rings. The first kappa shape index (κ1) is 26.6. The van der Waals surface area contributed by atoms with Crippen LogP contribution in [0.1, 0.15) is 54.4 Å². The van der Waals surface area contributed by atoms with E-state index in [0.29, 0.717) is 26.2 Å². The van der Waals surface area contributed by atoms with Crippen molar-refractivity contribution in [2.45, 2.75) is 71.6 Å². The minimum atomic E-state index is -0.481. The van der Waals surface area contributed by atoms with E-state index in [4.69, 9.17) is 9.47 Å². The van der Waals surface area contributed by atoms with Gasteiger partial charge in [-0.05, 0) is 54.4 Å². The highest BCUT2D eigenvalue weighted by atomic mass is 127. The van der Waals surface area contributed by atoms with Crippen LogP contribution in [0.15, 0.2) is 4.99 Å². The summed E-state index contributed by atoms with van der Waals surface area (Å²) in [6, 6.07) is 0.201. The summed E-state index contributed by atoms with van der Waals surface area (Å²) in [7, 11) is 0. The number of halogens is 1. The van der Waals surface area contributed by atoms with Crippen LogP contribution >= 0.6 is 24.0 Å². The molecule has 2 heterocycles. The van der Waals surface area contributed by atoms with E-state index >= 15 is 0 Å². The molecule has 2 N–H and O–H groups in total. The predicted molar refractivity (Wildman–Crippen MR) is 127 cm³/mol. The van der Waals surface area contributed by atoms with Crippen molar-refractivity contribution in [3.05, 3.63) is 0 Å². The molecule has 0 saturated carbocycles. The SMILES string of the molecule is CC(C)(C)OC(=O)NCCCCNC1=NCC2CN(C(=O)OC(C)(C)C)CCN12.I. The van der Waals surface area contributed by atoms with Gasteiger partial charge >= 0.3 is 12.2 Å². The van der Waals surface area contributed by atoms with Gasteiger partial charge in [-0.1, -0.05) is 0 Å². The molecule has 30 heavy (non-hydrogen) atoms. The first-order valence-electron chi connectivity index (χ1n) is 10.4. The number of aliphatic imine (C=N–C) groups is 1. The second-order valence-corrected chi connectivity index (χ2v) is 9.50. The topological polar surface area (TPSA) is 95.5 Å². The van der Waals surface area contributed by atoms with E-state index < -0.39 is 11.2 Å². The van der Waals surface area contributed by atoms with Gasteiger partial charge in [0.1, 0.15) is 11.2 Å². The van der Waals surface area contributed by atoms with Crippen molar-refractivity contribution >= 4 is 42.1 Å². The lowest BCUT2D eigenvalue weighted by atomic mass is 10.2. The third kappa shape index (κ3) is 9.13. The molecule has 0 spiro atoms. The van der Waals surface area contributed by atoms with Crippen molar-refractivity contribution in [1.82, 2.24) is 20.4 Å². The van der Waals surface area contributed by atoms with Crippen LogP contribution < -0.4 is 10.6 Å². The summed E-state index contributed by atoms with van der Waals surface area (Å²) in [4.78, 5) is 32.5. The molecule has 0 radical (unpaired) electrons. The highest BCUT2D eigenvalue weighted by Gasteiger charge is 2.36. The number of rotatable bonds is 5. The van der Waals surface area contributed by atoms with E-state index in [1.807, 2.05) is 41.5 Å². The molecule has 1 atom stereocenters. The maximum atomic E-state index is 12.3. The molecule has 1 unspecified atom stereocenters. The summed E-state index contributed by atoms with van der Waals surface area (Å²) < 4.78 is 10.7. The number of guanidine groups is 1. The van der Waals surface area contributed by atoms with Crippen molar-refractivity contribution in [3.63, 3.8) is 0 Å². The lowest BCUT2D eigenvalue weighted by Crippen LogP contribution is -2.57. The highest BCUT2D eigenvalue weighted by Crippen LogP contribution is 2.18. The van der Waals surface area contributed by atoms with E-state index in [0.717, 1.165) is 31.9 Å². The van der Waals surface area contributed by atoms with E-state index in [1.165, 1.54) is 0 Å². The Balaban J connectivity index is 0.00000450. The van der Waals surface area contributed by atoms with Crippen molar-refractivity contribution in [2.75, 3.05) is 39.3 Å². The number of ether oxygens (including phenoxy) is 2. The Bertz CT molecular complexity index is 615. The molecule has 174 valence electrons. The number of nitrogens with zero attached hydrogens (tertiary/aromatic N) is 3. The maximum absolute atomic E-state index is 12.3. The Hall–Kier alpha value is -1.46. The van der Waals surface area contributed by atoms with E-state index in [-0.39, 0.29) is 42.2 Å². The number of alkyl carbamates (subject to hydrolysis) is 1. The van der Waals surface area contributed by atoms with Crippen LogP contribution in [0.3, 0.4) is 0 Å². The molecule has 2 rings (SSSR count). The fourth-order valence-corrected chi connectivity index (χ4v) is 3.18. The van der Waals surface area contributed by atoms with Gasteiger partial charge in [-0.2, -0.15) is 0 Å². The summed E-state index contributed by atoms with van der Waals surface area (Å²) in [5.41, 5.74) is -0.957. The predicted octanol–water partition coefficient (Wildman–Crippen LogP) is 2.79. The van der Waals surface area contributed by atoms with Gasteiger partial charge in [-0.3, -0.25) is 4.99 Å². The van der Waals surface area contributed by atoms with Gasteiger partial charge in [0.15, 0.2) is 5.96 Å². The zero-order valence-corrected chi connectivity index (χ0v) is 21.4.